The van der Waals surface area contributed by atoms with E-state index in [2.05, 4.69) is 27.1 Å². The van der Waals surface area contributed by atoms with Gasteiger partial charge in [0.15, 0.2) is 5.69 Å². The summed E-state index contributed by atoms with van der Waals surface area (Å²) in [5, 5.41) is 13.3. The molecule has 29 heavy (non-hydrogen) atoms. The summed E-state index contributed by atoms with van der Waals surface area (Å²) in [7, 11) is 0. The van der Waals surface area contributed by atoms with Gasteiger partial charge in [-0.2, -0.15) is 23.5 Å². The number of hydrogen-bond acceptors (Lipinski definition) is 3. The summed E-state index contributed by atoms with van der Waals surface area (Å²) in [6.45, 7) is 0. The molecule has 0 N–H and O–H groups in total. The molecule has 3 fully saturated rings. The van der Waals surface area contributed by atoms with Gasteiger partial charge in [-0.25, -0.2) is 9.07 Å². The maximum absolute atomic E-state index is 13.7. The van der Waals surface area contributed by atoms with Crippen LogP contribution in [-0.4, -0.2) is 15.9 Å². The predicted molar refractivity (Wildman–Crippen MR) is 97.5 cm³/mol. The molecule has 152 valence electrons. The molecule has 2 unspecified atom stereocenters. The molecule has 4 nitrogen and oxygen atoms in total. The third-order valence-corrected chi connectivity index (χ3v) is 7.00. The van der Waals surface area contributed by atoms with Gasteiger partial charge in [0.1, 0.15) is 11.9 Å². The zero-order chi connectivity index (χ0) is 20.6. The Morgan fingerprint density at radius 1 is 1.31 bits per heavy atom. The first-order valence-corrected chi connectivity index (χ1v) is 10.2. The minimum atomic E-state index is -4.60. The van der Waals surface area contributed by atoms with Crippen LogP contribution in [0, 0.1) is 28.5 Å². The first-order chi connectivity index (χ1) is 13.7. The van der Waals surface area contributed by atoms with Crippen LogP contribution in [0.15, 0.2) is 22.7 Å². The number of alkyl halides is 3. The first-order valence-electron chi connectivity index (χ1n) is 9.44. The zero-order valence-corrected chi connectivity index (χ0v) is 16.7. The summed E-state index contributed by atoms with van der Waals surface area (Å²) >= 11 is 3.09. The Kier molecular flexibility index (Phi) is 4.13. The first kappa shape index (κ1) is 19.1. The van der Waals surface area contributed by atoms with Crippen molar-refractivity contribution in [2.45, 2.75) is 50.5 Å². The molecule has 2 bridgehead atoms. The van der Waals surface area contributed by atoms with Crippen molar-refractivity contribution in [3.8, 4) is 11.8 Å². The van der Waals surface area contributed by atoms with Crippen molar-refractivity contribution in [3.05, 3.63) is 45.4 Å². The number of hydrogen-bond donors (Lipinski definition) is 0. The van der Waals surface area contributed by atoms with Crippen LogP contribution >= 0.6 is 15.9 Å². The molecule has 6 rings (SSSR count). The van der Waals surface area contributed by atoms with Crippen LogP contribution in [0.4, 0.5) is 17.6 Å². The van der Waals surface area contributed by atoms with Crippen molar-refractivity contribution in [1.29, 1.82) is 5.26 Å². The van der Waals surface area contributed by atoms with Crippen molar-refractivity contribution in [2.24, 2.45) is 11.3 Å². The van der Waals surface area contributed by atoms with Crippen LogP contribution in [0.1, 0.15) is 48.7 Å². The second-order valence-corrected chi connectivity index (χ2v) is 8.95. The van der Waals surface area contributed by atoms with Crippen LogP contribution in [-0.2, 0) is 17.3 Å². The second kappa shape index (κ2) is 6.29. The number of nitrogens with zero attached hydrogens (tertiary/aromatic N) is 3. The van der Waals surface area contributed by atoms with E-state index in [0.29, 0.717) is 30.1 Å². The summed E-state index contributed by atoms with van der Waals surface area (Å²) in [6, 6.07) is 6.32. The normalized spacial score (nSPS) is 30.1. The lowest BCUT2D eigenvalue weighted by Crippen LogP contribution is -2.66. The highest BCUT2D eigenvalue weighted by atomic mass is 79.9. The van der Waals surface area contributed by atoms with Gasteiger partial charge in [-0.3, -0.25) is 0 Å². The highest BCUT2D eigenvalue weighted by Crippen LogP contribution is 2.66. The number of fused-ring (bicyclic) bond motifs is 1. The van der Waals surface area contributed by atoms with E-state index in [1.54, 1.807) is 0 Å². The molecule has 2 atom stereocenters. The molecule has 1 aromatic heterocycles. The molecule has 0 radical (unpaired) electrons. The third-order valence-electron chi connectivity index (χ3n) is 6.40. The SMILES string of the molecule is N#CC12CC(C1)C2OC1CCCc2c(C(F)(F)F)nn(-c3ccc(F)c(Br)c3)c21. The fourth-order valence-electron chi connectivity index (χ4n) is 4.84. The van der Waals surface area contributed by atoms with E-state index in [-0.39, 0.29) is 22.6 Å². The fraction of sp³-hybridized carbons (Fsp3) is 0.500. The Morgan fingerprint density at radius 2 is 2.07 bits per heavy atom. The van der Waals surface area contributed by atoms with Gasteiger partial charge in [-0.05, 0) is 72.2 Å². The Morgan fingerprint density at radius 3 is 2.66 bits per heavy atom. The number of ether oxygens (including phenoxy) is 1. The number of nitriles is 1. The monoisotopic (exact) mass is 469 g/mol. The molecule has 4 aliphatic rings. The number of aromatic nitrogens is 2. The van der Waals surface area contributed by atoms with E-state index in [0.717, 1.165) is 12.8 Å². The van der Waals surface area contributed by atoms with Crippen LogP contribution in [0.3, 0.4) is 0 Å². The lowest BCUT2D eigenvalue weighted by atomic mass is 9.43. The van der Waals surface area contributed by atoms with E-state index in [1.807, 2.05) is 0 Å². The highest BCUT2D eigenvalue weighted by molar-refractivity contribution is 9.10. The maximum atomic E-state index is 13.7. The van der Waals surface area contributed by atoms with Crippen LogP contribution in [0.2, 0.25) is 0 Å². The largest absolute Gasteiger partial charge is 0.435 e. The van der Waals surface area contributed by atoms with Crippen molar-refractivity contribution in [2.75, 3.05) is 0 Å². The average Bonchev–Trinajstić information content (AvgIpc) is 3.02. The molecule has 0 amide bonds. The molecule has 3 saturated carbocycles. The average molecular weight is 470 g/mol. The van der Waals surface area contributed by atoms with Gasteiger partial charge in [-0.15, -0.1) is 0 Å². The van der Waals surface area contributed by atoms with E-state index >= 15 is 0 Å². The molecule has 1 aromatic carbocycles. The highest BCUT2D eigenvalue weighted by Gasteiger charge is 2.68. The van der Waals surface area contributed by atoms with E-state index in [1.165, 1.54) is 22.9 Å². The van der Waals surface area contributed by atoms with Crippen LogP contribution in [0.5, 0.6) is 0 Å². The molecule has 1 heterocycles. The second-order valence-electron chi connectivity index (χ2n) is 8.09. The summed E-state index contributed by atoms with van der Waals surface area (Å²) in [4.78, 5) is 0. The topological polar surface area (TPSA) is 50.8 Å². The molecular formula is C20H16BrF4N3O. The van der Waals surface area contributed by atoms with E-state index in [4.69, 9.17) is 4.74 Å². The minimum Gasteiger partial charge on any atom is -0.367 e. The third kappa shape index (κ3) is 2.76. The summed E-state index contributed by atoms with van der Waals surface area (Å²) < 4.78 is 62.3. The maximum Gasteiger partial charge on any atom is 0.435 e. The van der Waals surface area contributed by atoms with Gasteiger partial charge < -0.3 is 4.74 Å². The lowest BCUT2D eigenvalue weighted by molar-refractivity contribution is -0.251. The summed E-state index contributed by atoms with van der Waals surface area (Å²) in [5.74, 6) is -0.206. The van der Waals surface area contributed by atoms with Crippen LogP contribution in [0.25, 0.3) is 5.69 Å². The molecule has 0 spiro atoms. The van der Waals surface area contributed by atoms with Gasteiger partial charge in [0.25, 0.3) is 0 Å². The van der Waals surface area contributed by atoms with Gasteiger partial charge >= 0.3 is 6.18 Å². The van der Waals surface area contributed by atoms with Crippen molar-refractivity contribution in [3.63, 3.8) is 0 Å². The lowest BCUT2D eigenvalue weighted by Gasteiger charge is -2.64. The molecule has 2 aromatic rings. The quantitative estimate of drug-likeness (QED) is 0.558. The van der Waals surface area contributed by atoms with Gasteiger partial charge in [0.05, 0.1) is 33.4 Å². The molecule has 4 aliphatic carbocycles. The summed E-state index contributed by atoms with van der Waals surface area (Å²) in [5.41, 5.74) is -0.585. The Bertz CT molecular complexity index is 1040. The Labute approximate surface area is 172 Å². The van der Waals surface area contributed by atoms with Crippen molar-refractivity contribution < 1.29 is 22.3 Å². The molecular weight excluding hydrogens is 454 g/mol. The van der Waals surface area contributed by atoms with Gasteiger partial charge in [0, 0.05) is 5.56 Å². The number of benzene rings is 1. The fourth-order valence-corrected chi connectivity index (χ4v) is 5.21. The smallest absolute Gasteiger partial charge is 0.367 e. The van der Waals surface area contributed by atoms with E-state index < -0.39 is 29.2 Å². The summed E-state index contributed by atoms with van der Waals surface area (Å²) in [6.07, 6.45) is -2.45. The van der Waals surface area contributed by atoms with Gasteiger partial charge in [0.2, 0.25) is 0 Å². The minimum absolute atomic E-state index is 0.133. The standard InChI is InChI=1S/C20H16BrF4N3O/c21-13-6-11(4-5-14(13)22)28-16-12(17(27-28)20(23,24)25)2-1-3-15(16)29-18-10-7-19(18,8-10)9-26/h4-6,10,15,18H,1-3,7-8H2. The zero-order valence-electron chi connectivity index (χ0n) is 15.1. The molecule has 0 aliphatic heterocycles. The van der Waals surface area contributed by atoms with Gasteiger partial charge in [-0.1, -0.05) is 0 Å². The number of halogens is 5. The molecule has 9 heteroatoms. The Hall–Kier alpha value is -1.92. The van der Waals surface area contributed by atoms with E-state index in [9.17, 15) is 22.8 Å². The number of rotatable bonds is 3. The Balaban J connectivity index is 1.59. The van der Waals surface area contributed by atoms with Crippen molar-refractivity contribution in [1.82, 2.24) is 9.78 Å². The molecule has 0 saturated heterocycles. The predicted octanol–water partition coefficient (Wildman–Crippen LogP) is 5.49. The van der Waals surface area contributed by atoms with Crippen LogP contribution < -0.4 is 0 Å². The van der Waals surface area contributed by atoms with Crippen molar-refractivity contribution >= 4 is 15.9 Å².